The fourth-order valence-corrected chi connectivity index (χ4v) is 4.01. The van der Waals surface area contributed by atoms with Crippen molar-refractivity contribution in [3.05, 3.63) is 41.7 Å². The van der Waals surface area contributed by atoms with E-state index in [1.54, 1.807) is 18.2 Å². The van der Waals surface area contributed by atoms with E-state index >= 15 is 0 Å². The van der Waals surface area contributed by atoms with Crippen molar-refractivity contribution in [2.75, 3.05) is 25.0 Å². The van der Waals surface area contributed by atoms with Crippen molar-refractivity contribution in [2.45, 2.75) is 32.5 Å². The molecule has 0 radical (unpaired) electrons. The summed E-state index contributed by atoms with van der Waals surface area (Å²) in [5.74, 6) is 0.572. The van der Waals surface area contributed by atoms with Gasteiger partial charge in [-0.15, -0.1) is 0 Å². The molecule has 6 nitrogen and oxygen atoms in total. The minimum absolute atomic E-state index is 0.175. The Morgan fingerprint density at radius 3 is 2.84 bits per heavy atom. The number of anilines is 1. The number of rotatable bonds is 5. The lowest BCUT2D eigenvalue weighted by atomic mass is 10.0. The van der Waals surface area contributed by atoms with Crippen molar-refractivity contribution in [2.24, 2.45) is 5.92 Å². The second-order valence-corrected chi connectivity index (χ2v) is 8.15. The first-order valence-electron chi connectivity index (χ1n) is 10.2. The molecule has 1 aliphatic rings. The van der Waals surface area contributed by atoms with Crippen LogP contribution in [0.3, 0.4) is 0 Å². The minimum atomic E-state index is -4.59. The first kappa shape index (κ1) is 21.1. The van der Waals surface area contributed by atoms with Gasteiger partial charge in [-0.05, 0) is 44.9 Å². The maximum Gasteiger partial charge on any atom is 0.419 e. The second kappa shape index (κ2) is 8.19. The molecule has 0 saturated carbocycles. The molecule has 1 fully saturated rings. The fraction of sp³-hybridized carbons (Fsp3) is 0.409. The average molecular weight is 428 g/mol. The molecule has 1 unspecified atom stereocenters. The van der Waals surface area contributed by atoms with Crippen LogP contribution in [0, 0.1) is 17.2 Å². The van der Waals surface area contributed by atoms with Crippen LogP contribution >= 0.6 is 0 Å². The van der Waals surface area contributed by atoms with E-state index in [4.69, 9.17) is 5.26 Å². The van der Waals surface area contributed by atoms with Crippen LogP contribution in [0.25, 0.3) is 22.2 Å². The Bertz CT molecular complexity index is 1130. The Kier molecular flexibility index (Phi) is 5.58. The summed E-state index contributed by atoms with van der Waals surface area (Å²) in [4.78, 5) is 13.5. The molecule has 0 bridgehead atoms. The van der Waals surface area contributed by atoms with E-state index in [1.807, 2.05) is 6.07 Å². The summed E-state index contributed by atoms with van der Waals surface area (Å²) in [5.41, 5.74) is 0.250. The van der Waals surface area contributed by atoms with Crippen molar-refractivity contribution in [3.8, 4) is 17.3 Å². The van der Waals surface area contributed by atoms with Crippen LogP contribution in [0.1, 0.15) is 31.4 Å². The minimum Gasteiger partial charge on any atom is -0.360 e. The number of nitrogens with zero attached hydrogens (tertiary/aromatic N) is 4. The van der Waals surface area contributed by atoms with Gasteiger partial charge in [-0.2, -0.15) is 18.4 Å². The second-order valence-electron chi connectivity index (χ2n) is 8.15. The number of halogens is 3. The third kappa shape index (κ3) is 4.35. The number of nitriles is 1. The SMILES string of the molecule is CC(C)N1CCC(CNc2ncc(C(F)(F)F)c(-c3c[nH]c4cc(C#N)ccc34)n2)C1. The van der Waals surface area contributed by atoms with Gasteiger partial charge in [0.25, 0.3) is 0 Å². The third-order valence-electron chi connectivity index (χ3n) is 5.76. The summed E-state index contributed by atoms with van der Waals surface area (Å²) in [6.07, 6.45) is -1.23. The molecule has 31 heavy (non-hydrogen) atoms. The van der Waals surface area contributed by atoms with Gasteiger partial charge in [0.15, 0.2) is 0 Å². The Morgan fingerprint density at radius 2 is 2.16 bits per heavy atom. The summed E-state index contributed by atoms with van der Waals surface area (Å²) < 4.78 is 41.0. The number of aromatic amines is 1. The Morgan fingerprint density at radius 1 is 1.35 bits per heavy atom. The summed E-state index contributed by atoms with van der Waals surface area (Å²) >= 11 is 0. The standard InChI is InChI=1S/C22H23F3N6/c1-13(2)31-6-5-15(12-31)9-28-21-29-11-18(22(23,24)25)20(30-21)17-10-27-19-7-14(8-26)3-4-16(17)19/h3-4,7,10-11,13,15,27H,5-6,9,12H2,1-2H3,(H,28,29,30). The predicted molar refractivity (Wildman–Crippen MR) is 112 cm³/mol. The van der Waals surface area contributed by atoms with Crippen LogP contribution in [0.2, 0.25) is 0 Å². The fourth-order valence-electron chi connectivity index (χ4n) is 4.01. The van der Waals surface area contributed by atoms with E-state index in [0.29, 0.717) is 40.5 Å². The van der Waals surface area contributed by atoms with Crippen molar-refractivity contribution in [1.82, 2.24) is 19.9 Å². The van der Waals surface area contributed by atoms with Gasteiger partial charge >= 0.3 is 6.18 Å². The summed E-state index contributed by atoms with van der Waals surface area (Å²) in [5, 5.41) is 12.8. The number of aromatic nitrogens is 3. The van der Waals surface area contributed by atoms with Crippen molar-refractivity contribution in [3.63, 3.8) is 0 Å². The van der Waals surface area contributed by atoms with Gasteiger partial charge in [-0.3, -0.25) is 0 Å². The highest BCUT2D eigenvalue weighted by molar-refractivity contribution is 5.96. The molecule has 3 aromatic rings. The maximum absolute atomic E-state index is 13.7. The van der Waals surface area contributed by atoms with Crippen molar-refractivity contribution >= 4 is 16.9 Å². The highest BCUT2D eigenvalue weighted by Crippen LogP contribution is 2.38. The molecular formula is C22H23F3N6. The third-order valence-corrected chi connectivity index (χ3v) is 5.76. The Balaban J connectivity index is 1.64. The Hall–Kier alpha value is -3.12. The monoisotopic (exact) mass is 428 g/mol. The predicted octanol–water partition coefficient (Wildman–Crippen LogP) is 4.66. The summed E-state index contributed by atoms with van der Waals surface area (Å²) in [6.45, 7) is 6.88. The van der Waals surface area contributed by atoms with Gasteiger partial charge in [0.2, 0.25) is 5.95 Å². The molecule has 0 amide bonds. The zero-order chi connectivity index (χ0) is 22.2. The number of hydrogen-bond acceptors (Lipinski definition) is 5. The molecule has 0 spiro atoms. The van der Waals surface area contributed by atoms with E-state index in [-0.39, 0.29) is 11.6 Å². The quantitative estimate of drug-likeness (QED) is 0.618. The van der Waals surface area contributed by atoms with Gasteiger partial charge in [0.1, 0.15) is 5.56 Å². The molecule has 4 rings (SSSR count). The van der Waals surface area contributed by atoms with Crippen molar-refractivity contribution in [1.29, 1.82) is 5.26 Å². The molecule has 3 heterocycles. The van der Waals surface area contributed by atoms with E-state index in [1.165, 1.54) is 6.20 Å². The van der Waals surface area contributed by atoms with E-state index < -0.39 is 11.7 Å². The molecule has 1 aliphatic heterocycles. The number of hydrogen-bond donors (Lipinski definition) is 2. The first-order chi connectivity index (χ1) is 14.8. The lowest BCUT2D eigenvalue weighted by Gasteiger charge is -2.20. The van der Waals surface area contributed by atoms with E-state index in [9.17, 15) is 13.2 Å². The Labute approximate surface area is 178 Å². The smallest absolute Gasteiger partial charge is 0.360 e. The summed E-state index contributed by atoms with van der Waals surface area (Å²) in [7, 11) is 0. The highest BCUT2D eigenvalue weighted by Gasteiger charge is 2.36. The topological polar surface area (TPSA) is 80.6 Å². The summed E-state index contributed by atoms with van der Waals surface area (Å²) in [6, 6.07) is 7.32. The molecule has 162 valence electrons. The number of H-pyrrole nitrogens is 1. The van der Waals surface area contributed by atoms with Crippen LogP contribution in [0.15, 0.2) is 30.6 Å². The number of nitrogens with one attached hydrogen (secondary N) is 2. The number of alkyl halides is 3. The van der Waals surface area contributed by atoms with Crippen LogP contribution in [0.4, 0.5) is 19.1 Å². The van der Waals surface area contributed by atoms with Crippen LogP contribution < -0.4 is 5.32 Å². The molecule has 2 N–H and O–H groups in total. The van der Waals surface area contributed by atoms with Crippen LogP contribution in [-0.2, 0) is 6.18 Å². The first-order valence-corrected chi connectivity index (χ1v) is 10.2. The maximum atomic E-state index is 13.7. The number of benzene rings is 1. The van der Waals surface area contributed by atoms with Crippen molar-refractivity contribution < 1.29 is 13.2 Å². The molecule has 1 atom stereocenters. The lowest BCUT2D eigenvalue weighted by molar-refractivity contribution is -0.137. The van der Waals surface area contributed by atoms with E-state index in [0.717, 1.165) is 25.7 Å². The lowest BCUT2D eigenvalue weighted by Crippen LogP contribution is -2.29. The zero-order valence-corrected chi connectivity index (χ0v) is 17.3. The zero-order valence-electron chi connectivity index (χ0n) is 17.3. The van der Waals surface area contributed by atoms with Gasteiger partial charge in [0, 0.05) is 48.0 Å². The highest BCUT2D eigenvalue weighted by atomic mass is 19.4. The largest absolute Gasteiger partial charge is 0.419 e. The van der Waals surface area contributed by atoms with Gasteiger partial charge < -0.3 is 15.2 Å². The van der Waals surface area contributed by atoms with Crippen LogP contribution in [-0.4, -0.2) is 45.5 Å². The van der Waals surface area contributed by atoms with Crippen LogP contribution in [0.5, 0.6) is 0 Å². The molecular weight excluding hydrogens is 405 g/mol. The molecule has 2 aromatic heterocycles. The average Bonchev–Trinajstić information content (AvgIpc) is 3.38. The molecule has 9 heteroatoms. The van der Waals surface area contributed by atoms with Gasteiger partial charge in [-0.1, -0.05) is 6.07 Å². The normalized spacial score (nSPS) is 17.4. The van der Waals surface area contributed by atoms with E-state index in [2.05, 4.69) is 39.0 Å². The number of likely N-dealkylation sites (tertiary alicyclic amines) is 1. The molecule has 0 aliphatic carbocycles. The van der Waals surface area contributed by atoms with Gasteiger partial charge in [-0.25, -0.2) is 9.97 Å². The van der Waals surface area contributed by atoms with Gasteiger partial charge in [0.05, 0.1) is 17.3 Å². The molecule has 1 saturated heterocycles. The number of fused-ring (bicyclic) bond motifs is 1. The molecule has 1 aromatic carbocycles.